The summed E-state index contributed by atoms with van der Waals surface area (Å²) in [5.41, 5.74) is 2.91. The Bertz CT molecular complexity index is 348. The molecule has 0 aromatic heterocycles. The van der Waals surface area contributed by atoms with E-state index in [0.29, 0.717) is 6.10 Å². The zero-order valence-corrected chi connectivity index (χ0v) is 11.3. The van der Waals surface area contributed by atoms with Gasteiger partial charge in [0.25, 0.3) is 0 Å². The minimum Gasteiger partial charge on any atom is -0.371 e. The van der Waals surface area contributed by atoms with Gasteiger partial charge in [0.05, 0.1) is 11.7 Å². The third-order valence-electron chi connectivity index (χ3n) is 4.21. The van der Waals surface area contributed by atoms with Gasteiger partial charge in [-0.3, -0.25) is 0 Å². The molecule has 0 aliphatic carbocycles. The molecule has 1 nitrogen and oxygen atoms in total. The second kappa shape index (κ2) is 5.22. The van der Waals surface area contributed by atoms with E-state index in [2.05, 4.69) is 45.0 Å². The molecule has 1 aromatic carbocycles. The monoisotopic (exact) mass is 232 g/mol. The molecule has 0 saturated carbocycles. The maximum absolute atomic E-state index is 6.28. The van der Waals surface area contributed by atoms with Crippen molar-refractivity contribution in [3.63, 3.8) is 0 Å². The minimum atomic E-state index is 0.176. The molecule has 0 radical (unpaired) electrons. The quantitative estimate of drug-likeness (QED) is 0.753. The normalized spacial score (nSPS) is 22.9. The van der Waals surface area contributed by atoms with E-state index < -0.39 is 0 Å². The second-order valence-electron chi connectivity index (χ2n) is 5.36. The fraction of sp³-hybridized carbons (Fsp3) is 0.625. The summed E-state index contributed by atoms with van der Waals surface area (Å²) in [6.45, 7) is 6.63. The SMILES string of the molecule is CCC1(CC)CCC(Cc2ccc(C)cc2)O1. The van der Waals surface area contributed by atoms with Crippen molar-refractivity contribution in [1.29, 1.82) is 0 Å². The van der Waals surface area contributed by atoms with Gasteiger partial charge in [0.1, 0.15) is 0 Å². The number of benzene rings is 1. The molecule has 2 rings (SSSR count). The van der Waals surface area contributed by atoms with Crippen LogP contribution in [0.2, 0.25) is 0 Å². The highest BCUT2D eigenvalue weighted by Gasteiger charge is 2.36. The number of hydrogen-bond donors (Lipinski definition) is 0. The Morgan fingerprint density at radius 3 is 2.35 bits per heavy atom. The van der Waals surface area contributed by atoms with Crippen LogP contribution in [0.4, 0.5) is 0 Å². The molecule has 1 heteroatoms. The Labute approximate surface area is 105 Å². The second-order valence-corrected chi connectivity index (χ2v) is 5.36. The molecule has 0 amide bonds. The van der Waals surface area contributed by atoms with Gasteiger partial charge >= 0.3 is 0 Å². The van der Waals surface area contributed by atoms with Crippen molar-refractivity contribution in [3.8, 4) is 0 Å². The van der Waals surface area contributed by atoms with E-state index in [1.165, 1.54) is 24.0 Å². The predicted molar refractivity (Wildman–Crippen MR) is 72.3 cm³/mol. The highest BCUT2D eigenvalue weighted by molar-refractivity contribution is 5.22. The topological polar surface area (TPSA) is 9.23 Å². The minimum absolute atomic E-state index is 0.176. The largest absolute Gasteiger partial charge is 0.371 e. The van der Waals surface area contributed by atoms with Crippen molar-refractivity contribution in [3.05, 3.63) is 35.4 Å². The fourth-order valence-electron chi connectivity index (χ4n) is 2.80. The van der Waals surface area contributed by atoms with Crippen LogP contribution in [0, 0.1) is 6.92 Å². The lowest BCUT2D eigenvalue weighted by Gasteiger charge is -2.26. The van der Waals surface area contributed by atoms with Gasteiger partial charge in [-0.15, -0.1) is 0 Å². The van der Waals surface area contributed by atoms with Gasteiger partial charge in [-0.05, 0) is 44.6 Å². The summed E-state index contributed by atoms with van der Waals surface area (Å²) in [6.07, 6.45) is 6.24. The van der Waals surface area contributed by atoms with Crippen LogP contribution in [-0.2, 0) is 11.2 Å². The smallest absolute Gasteiger partial charge is 0.0682 e. The summed E-state index contributed by atoms with van der Waals surface area (Å²) in [5, 5.41) is 0. The standard InChI is InChI=1S/C16H24O/c1-4-16(5-2)11-10-15(17-16)12-14-8-6-13(3)7-9-14/h6-9,15H,4-5,10-12H2,1-3H3. The van der Waals surface area contributed by atoms with E-state index in [4.69, 9.17) is 4.74 Å². The molecule has 1 unspecified atom stereocenters. The zero-order valence-electron chi connectivity index (χ0n) is 11.3. The molecule has 1 fully saturated rings. The van der Waals surface area contributed by atoms with Gasteiger partial charge in [0, 0.05) is 0 Å². The molecule has 0 bridgehead atoms. The van der Waals surface area contributed by atoms with Gasteiger partial charge in [0.15, 0.2) is 0 Å². The van der Waals surface area contributed by atoms with Gasteiger partial charge in [-0.25, -0.2) is 0 Å². The summed E-state index contributed by atoms with van der Waals surface area (Å²) in [4.78, 5) is 0. The molecule has 17 heavy (non-hydrogen) atoms. The third kappa shape index (κ3) is 2.90. The maximum atomic E-state index is 6.28. The van der Waals surface area contributed by atoms with Crippen LogP contribution in [0.5, 0.6) is 0 Å². The fourth-order valence-corrected chi connectivity index (χ4v) is 2.80. The lowest BCUT2D eigenvalue weighted by Crippen LogP contribution is -2.27. The van der Waals surface area contributed by atoms with Crippen LogP contribution in [0.1, 0.15) is 50.7 Å². The zero-order chi connectivity index (χ0) is 12.3. The molecule has 1 aromatic rings. The first-order valence-electron chi connectivity index (χ1n) is 6.91. The highest BCUT2D eigenvalue weighted by atomic mass is 16.5. The first-order valence-corrected chi connectivity index (χ1v) is 6.91. The highest BCUT2D eigenvalue weighted by Crippen LogP contribution is 2.36. The molecule has 1 heterocycles. The summed E-state index contributed by atoms with van der Waals surface area (Å²) < 4.78 is 6.28. The summed E-state index contributed by atoms with van der Waals surface area (Å²) >= 11 is 0. The third-order valence-corrected chi connectivity index (χ3v) is 4.21. The number of ether oxygens (including phenoxy) is 1. The van der Waals surface area contributed by atoms with E-state index in [9.17, 15) is 0 Å². The van der Waals surface area contributed by atoms with E-state index >= 15 is 0 Å². The molecule has 1 aliphatic heterocycles. The van der Waals surface area contributed by atoms with Crippen molar-refractivity contribution >= 4 is 0 Å². The Kier molecular flexibility index (Phi) is 3.88. The average molecular weight is 232 g/mol. The molecular formula is C16H24O. The van der Waals surface area contributed by atoms with Crippen molar-refractivity contribution in [2.75, 3.05) is 0 Å². The Morgan fingerprint density at radius 1 is 1.18 bits per heavy atom. The maximum Gasteiger partial charge on any atom is 0.0682 e. The first kappa shape index (κ1) is 12.6. The van der Waals surface area contributed by atoms with Crippen LogP contribution in [0.15, 0.2) is 24.3 Å². The van der Waals surface area contributed by atoms with Crippen LogP contribution in [-0.4, -0.2) is 11.7 Å². The Morgan fingerprint density at radius 2 is 1.82 bits per heavy atom. The van der Waals surface area contributed by atoms with Crippen LogP contribution < -0.4 is 0 Å². The van der Waals surface area contributed by atoms with Gasteiger partial charge in [0.2, 0.25) is 0 Å². The predicted octanol–water partition coefficient (Wildman–Crippen LogP) is 4.28. The van der Waals surface area contributed by atoms with Crippen molar-refractivity contribution < 1.29 is 4.74 Å². The van der Waals surface area contributed by atoms with Crippen molar-refractivity contribution in [1.82, 2.24) is 0 Å². The first-order chi connectivity index (χ1) is 8.17. The molecule has 0 N–H and O–H groups in total. The van der Waals surface area contributed by atoms with Crippen molar-refractivity contribution in [2.45, 2.75) is 64.6 Å². The lowest BCUT2D eigenvalue weighted by molar-refractivity contribution is -0.0454. The lowest BCUT2D eigenvalue weighted by atomic mass is 9.93. The Hall–Kier alpha value is -0.820. The molecule has 1 aliphatic rings. The number of hydrogen-bond acceptors (Lipinski definition) is 1. The van der Waals surface area contributed by atoms with Gasteiger partial charge in [-0.1, -0.05) is 43.7 Å². The number of aryl methyl sites for hydroxylation is 1. The summed E-state index contributed by atoms with van der Waals surface area (Å²) in [7, 11) is 0. The summed E-state index contributed by atoms with van der Waals surface area (Å²) in [5.74, 6) is 0. The molecular weight excluding hydrogens is 208 g/mol. The molecule has 1 atom stereocenters. The van der Waals surface area contributed by atoms with E-state index in [-0.39, 0.29) is 5.60 Å². The van der Waals surface area contributed by atoms with Crippen LogP contribution in [0.25, 0.3) is 0 Å². The van der Waals surface area contributed by atoms with Crippen LogP contribution >= 0.6 is 0 Å². The summed E-state index contributed by atoms with van der Waals surface area (Å²) in [6, 6.07) is 8.85. The Balaban J connectivity index is 1.95. The van der Waals surface area contributed by atoms with Gasteiger partial charge < -0.3 is 4.74 Å². The van der Waals surface area contributed by atoms with E-state index in [1.807, 2.05) is 0 Å². The van der Waals surface area contributed by atoms with Crippen molar-refractivity contribution in [2.24, 2.45) is 0 Å². The van der Waals surface area contributed by atoms with E-state index in [1.54, 1.807) is 0 Å². The number of rotatable bonds is 4. The molecule has 1 saturated heterocycles. The van der Waals surface area contributed by atoms with Crippen LogP contribution in [0.3, 0.4) is 0 Å². The molecule has 94 valence electrons. The van der Waals surface area contributed by atoms with Gasteiger partial charge in [-0.2, -0.15) is 0 Å². The van der Waals surface area contributed by atoms with E-state index in [0.717, 1.165) is 19.3 Å². The average Bonchev–Trinajstić information content (AvgIpc) is 2.76. The molecule has 0 spiro atoms.